The Morgan fingerprint density at radius 2 is 2.11 bits per heavy atom. The molecule has 92 valence electrons. The van der Waals surface area contributed by atoms with Crippen molar-refractivity contribution in [1.29, 1.82) is 0 Å². The molecule has 1 aromatic heterocycles. The van der Waals surface area contributed by atoms with E-state index in [1.807, 2.05) is 13.0 Å². The van der Waals surface area contributed by atoms with Gasteiger partial charge in [0, 0.05) is 10.0 Å². The van der Waals surface area contributed by atoms with E-state index in [0.717, 1.165) is 10.0 Å². The first kappa shape index (κ1) is 13.0. The van der Waals surface area contributed by atoms with Crippen molar-refractivity contribution in [3.63, 3.8) is 0 Å². The highest BCUT2D eigenvalue weighted by Gasteiger charge is 2.11. The number of amides is 1. The van der Waals surface area contributed by atoms with Crippen LogP contribution in [0.5, 0.6) is 0 Å². The van der Waals surface area contributed by atoms with Crippen LogP contribution in [0.3, 0.4) is 0 Å². The van der Waals surface area contributed by atoms with Crippen molar-refractivity contribution in [2.75, 3.05) is 5.32 Å². The van der Waals surface area contributed by atoms with Crippen LogP contribution in [0.15, 0.2) is 35.1 Å². The van der Waals surface area contributed by atoms with Gasteiger partial charge in [0.1, 0.15) is 5.15 Å². The van der Waals surface area contributed by atoms with Gasteiger partial charge in [-0.15, -0.1) is 0 Å². The van der Waals surface area contributed by atoms with Gasteiger partial charge in [0.25, 0.3) is 5.91 Å². The predicted molar refractivity (Wildman–Crippen MR) is 73.9 cm³/mol. The van der Waals surface area contributed by atoms with Crippen molar-refractivity contribution in [1.82, 2.24) is 9.97 Å². The van der Waals surface area contributed by atoms with Crippen LogP contribution in [0, 0.1) is 6.92 Å². The largest absolute Gasteiger partial charge is 0.305 e. The Morgan fingerprint density at radius 1 is 1.33 bits per heavy atom. The van der Waals surface area contributed by atoms with Crippen molar-refractivity contribution in [3.05, 3.63) is 51.3 Å². The third kappa shape index (κ3) is 2.86. The van der Waals surface area contributed by atoms with Gasteiger partial charge in [-0.2, -0.15) is 0 Å². The molecule has 1 amide bonds. The number of halogens is 2. The highest BCUT2D eigenvalue weighted by atomic mass is 79.9. The van der Waals surface area contributed by atoms with Crippen LogP contribution in [0.4, 0.5) is 5.82 Å². The summed E-state index contributed by atoms with van der Waals surface area (Å²) >= 11 is 9.00. The average Bonchev–Trinajstić information content (AvgIpc) is 2.35. The molecule has 0 fully saturated rings. The summed E-state index contributed by atoms with van der Waals surface area (Å²) in [5.74, 6) is 0.134. The summed E-state index contributed by atoms with van der Waals surface area (Å²) in [6.45, 7) is 1.87. The number of benzene rings is 1. The van der Waals surface area contributed by atoms with E-state index in [4.69, 9.17) is 11.6 Å². The number of anilines is 1. The Bertz CT molecular complexity index is 586. The number of carbonyl (C=O) groups is 1. The van der Waals surface area contributed by atoms with E-state index in [2.05, 4.69) is 31.2 Å². The molecule has 0 spiro atoms. The highest BCUT2D eigenvalue weighted by Crippen LogP contribution is 2.20. The van der Waals surface area contributed by atoms with Gasteiger partial charge in [-0.25, -0.2) is 9.97 Å². The van der Waals surface area contributed by atoms with Crippen LogP contribution in [0.1, 0.15) is 15.9 Å². The molecule has 0 unspecified atom stereocenters. The van der Waals surface area contributed by atoms with E-state index in [9.17, 15) is 4.79 Å². The second kappa shape index (κ2) is 5.46. The quantitative estimate of drug-likeness (QED) is 0.919. The Hall–Kier alpha value is -1.46. The van der Waals surface area contributed by atoms with Gasteiger partial charge in [-0.05, 0) is 24.6 Å². The van der Waals surface area contributed by atoms with E-state index in [1.165, 1.54) is 12.4 Å². The van der Waals surface area contributed by atoms with Crippen molar-refractivity contribution in [2.24, 2.45) is 0 Å². The molecule has 4 nitrogen and oxygen atoms in total. The maximum absolute atomic E-state index is 12.0. The highest BCUT2D eigenvalue weighted by molar-refractivity contribution is 9.10. The van der Waals surface area contributed by atoms with Gasteiger partial charge < -0.3 is 5.32 Å². The van der Waals surface area contributed by atoms with Crippen molar-refractivity contribution in [3.8, 4) is 0 Å². The summed E-state index contributed by atoms with van der Waals surface area (Å²) in [7, 11) is 0. The topological polar surface area (TPSA) is 54.9 Å². The fourth-order valence-electron chi connectivity index (χ4n) is 1.41. The van der Waals surface area contributed by atoms with Gasteiger partial charge in [-0.1, -0.05) is 33.6 Å². The van der Waals surface area contributed by atoms with Crippen molar-refractivity contribution >= 4 is 39.3 Å². The lowest BCUT2D eigenvalue weighted by Gasteiger charge is -2.07. The van der Waals surface area contributed by atoms with Gasteiger partial charge in [0.15, 0.2) is 5.82 Å². The number of nitrogens with one attached hydrogen (secondary N) is 1. The molecule has 1 aromatic carbocycles. The molecule has 18 heavy (non-hydrogen) atoms. The maximum Gasteiger partial charge on any atom is 0.257 e. The first-order valence-electron chi connectivity index (χ1n) is 5.12. The molecule has 0 aliphatic carbocycles. The molecule has 1 N–H and O–H groups in total. The average molecular weight is 327 g/mol. The zero-order chi connectivity index (χ0) is 13.1. The predicted octanol–water partition coefficient (Wildman–Crippen LogP) is 3.45. The Morgan fingerprint density at radius 3 is 2.78 bits per heavy atom. The Labute approximate surface area is 118 Å². The second-order valence-electron chi connectivity index (χ2n) is 3.59. The van der Waals surface area contributed by atoms with E-state index in [-0.39, 0.29) is 11.1 Å². The van der Waals surface area contributed by atoms with Crippen LogP contribution in [0.25, 0.3) is 0 Å². The number of carbonyl (C=O) groups excluding carboxylic acids is 1. The van der Waals surface area contributed by atoms with Gasteiger partial charge >= 0.3 is 0 Å². The third-order valence-electron chi connectivity index (χ3n) is 2.37. The van der Waals surface area contributed by atoms with Crippen LogP contribution in [-0.4, -0.2) is 15.9 Å². The first-order valence-corrected chi connectivity index (χ1v) is 6.29. The molecule has 2 rings (SSSR count). The van der Waals surface area contributed by atoms with Gasteiger partial charge in [-0.3, -0.25) is 4.79 Å². The maximum atomic E-state index is 12.0. The van der Waals surface area contributed by atoms with Gasteiger partial charge in [0.2, 0.25) is 0 Å². The zero-order valence-corrected chi connectivity index (χ0v) is 11.8. The Balaban J connectivity index is 2.22. The van der Waals surface area contributed by atoms with Crippen molar-refractivity contribution in [2.45, 2.75) is 6.92 Å². The number of nitrogens with zero attached hydrogens (tertiary/aromatic N) is 2. The summed E-state index contributed by atoms with van der Waals surface area (Å²) in [6, 6.07) is 5.44. The zero-order valence-electron chi connectivity index (χ0n) is 9.45. The molecule has 0 radical (unpaired) electrons. The minimum atomic E-state index is -0.231. The standard InChI is InChI=1S/C12H9BrClN3O/c1-7-8(3-2-4-9(7)13)12(18)17-11-6-15-10(14)5-16-11/h2-6H,1H3,(H,16,17,18). The SMILES string of the molecule is Cc1c(Br)cccc1C(=O)Nc1cnc(Cl)cn1. The van der Waals surface area contributed by atoms with Crippen molar-refractivity contribution < 1.29 is 4.79 Å². The van der Waals surface area contributed by atoms with Crippen LogP contribution >= 0.6 is 27.5 Å². The molecule has 0 atom stereocenters. The fourth-order valence-corrected chi connectivity index (χ4v) is 1.88. The number of rotatable bonds is 2. The third-order valence-corrected chi connectivity index (χ3v) is 3.43. The summed E-state index contributed by atoms with van der Waals surface area (Å²) in [6.07, 6.45) is 2.79. The van der Waals surface area contributed by atoms with E-state index in [0.29, 0.717) is 11.4 Å². The molecule has 0 saturated heterocycles. The minimum absolute atomic E-state index is 0.231. The summed E-state index contributed by atoms with van der Waals surface area (Å²) < 4.78 is 0.886. The van der Waals surface area contributed by atoms with E-state index in [1.54, 1.807) is 12.1 Å². The van der Waals surface area contributed by atoms with Gasteiger partial charge in [0.05, 0.1) is 12.4 Å². The molecule has 0 saturated carbocycles. The molecular formula is C12H9BrClN3O. The summed E-state index contributed by atoms with van der Waals surface area (Å²) in [5.41, 5.74) is 1.46. The van der Waals surface area contributed by atoms with E-state index >= 15 is 0 Å². The minimum Gasteiger partial charge on any atom is -0.305 e. The van der Waals surface area contributed by atoms with Crippen LogP contribution < -0.4 is 5.32 Å². The lowest BCUT2D eigenvalue weighted by atomic mass is 10.1. The number of hydrogen-bond donors (Lipinski definition) is 1. The smallest absolute Gasteiger partial charge is 0.257 e. The molecule has 1 heterocycles. The number of hydrogen-bond acceptors (Lipinski definition) is 3. The molecule has 0 bridgehead atoms. The first-order chi connectivity index (χ1) is 8.58. The lowest BCUT2D eigenvalue weighted by molar-refractivity contribution is 0.102. The van der Waals surface area contributed by atoms with E-state index < -0.39 is 0 Å². The molecule has 0 aliphatic heterocycles. The summed E-state index contributed by atoms with van der Waals surface area (Å²) in [5, 5.41) is 2.95. The van der Waals surface area contributed by atoms with Crippen LogP contribution in [-0.2, 0) is 0 Å². The number of aromatic nitrogens is 2. The molecule has 6 heteroatoms. The molecule has 2 aromatic rings. The van der Waals surface area contributed by atoms with Crippen LogP contribution in [0.2, 0.25) is 5.15 Å². The fraction of sp³-hybridized carbons (Fsp3) is 0.0833. The normalized spacial score (nSPS) is 10.2. The molecule has 0 aliphatic rings. The lowest BCUT2D eigenvalue weighted by Crippen LogP contribution is -2.14. The second-order valence-corrected chi connectivity index (χ2v) is 4.83. The monoisotopic (exact) mass is 325 g/mol. The molecular weight excluding hydrogens is 318 g/mol. The summed E-state index contributed by atoms with van der Waals surface area (Å²) in [4.78, 5) is 19.8. The Kier molecular flexibility index (Phi) is 3.93.